The zero-order chi connectivity index (χ0) is 18.4. The van der Waals surface area contributed by atoms with E-state index in [-0.39, 0.29) is 11.8 Å². The molecule has 1 aromatic carbocycles. The van der Waals surface area contributed by atoms with Crippen LogP contribution in [0.15, 0.2) is 36.5 Å². The topological polar surface area (TPSA) is 79.4 Å². The van der Waals surface area contributed by atoms with Crippen molar-refractivity contribution < 1.29 is 9.53 Å². The molecule has 1 aromatic heterocycles. The second-order valence-electron chi connectivity index (χ2n) is 6.33. The number of rotatable bonds is 7. The number of anilines is 1. The Bertz CT molecular complexity index is 738. The molecule has 2 heterocycles. The predicted molar refractivity (Wildman–Crippen MR) is 100 cm³/mol. The van der Waals surface area contributed by atoms with Crippen LogP contribution in [0.2, 0.25) is 0 Å². The van der Waals surface area contributed by atoms with Crippen LogP contribution in [0.4, 0.5) is 5.95 Å². The number of likely N-dealkylation sites (tertiary alicyclic amines) is 1. The Morgan fingerprint density at radius 2 is 2.15 bits per heavy atom. The molecule has 1 unspecified atom stereocenters. The molecule has 0 aliphatic carbocycles. The predicted octanol–water partition coefficient (Wildman–Crippen LogP) is 1.92. The van der Waals surface area contributed by atoms with Crippen molar-refractivity contribution in [1.82, 2.24) is 20.2 Å². The van der Waals surface area contributed by atoms with Crippen molar-refractivity contribution in [3.63, 3.8) is 0 Å². The summed E-state index contributed by atoms with van der Waals surface area (Å²) < 4.78 is 5.22. The number of carbonyl (C=O) groups excluding carboxylic acids is 1. The molecule has 0 radical (unpaired) electrons. The van der Waals surface area contributed by atoms with Gasteiger partial charge in [-0.15, -0.1) is 0 Å². The monoisotopic (exact) mass is 355 g/mol. The summed E-state index contributed by atoms with van der Waals surface area (Å²) in [6.07, 6.45) is 3.72. The van der Waals surface area contributed by atoms with Gasteiger partial charge >= 0.3 is 0 Å². The lowest BCUT2D eigenvalue weighted by Crippen LogP contribution is -2.40. The number of amides is 1. The molecule has 2 N–H and O–H groups in total. The minimum atomic E-state index is -0.212. The zero-order valence-electron chi connectivity index (χ0n) is 15.2. The molecule has 1 amide bonds. The molecular weight excluding hydrogens is 330 g/mol. The summed E-state index contributed by atoms with van der Waals surface area (Å²) in [5.41, 5.74) is 1.64. The molecule has 1 aliphatic heterocycles. The Hall–Kier alpha value is -2.67. The maximum absolute atomic E-state index is 12.5. The molecule has 7 nitrogen and oxygen atoms in total. The van der Waals surface area contributed by atoms with Gasteiger partial charge in [-0.25, -0.2) is 4.98 Å². The summed E-state index contributed by atoms with van der Waals surface area (Å²) in [6.45, 7) is 2.56. The van der Waals surface area contributed by atoms with E-state index in [4.69, 9.17) is 4.74 Å². The minimum absolute atomic E-state index is 0.212. The number of nitrogens with one attached hydrogen (secondary N) is 2. The van der Waals surface area contributed by atoms with Crippen LogP contribution in [0, 0.1) is 0 Å². The van der Waals surface area contributed by atoms with Gasteiger partial charge in [-0.05, 0) is 24.9 Å². The Balaban J connectivity index is 1.60. The highest BCUT2D eigenvalue weighted by Crippen LogP contribution is 2.20. The van der Waals surface area contributed by atoms with Crippen molar-refractivity contribution >= 4 is 11.9 Å². The summed E-state index contributed by atoms with van der Waals surface area (Å²) in [6, 6.07) is 10.8. The normalized spacial score (nSPS) is 17.1. The van der Waals surface area contributed by atoms with E-state index in [2.05, 4.69) is 49.8 Å². The lowest BCUT2D eigenvalue weighted by molar-refractivity contribution is 0.0935. The van der Waals surface area contributed by atoms with Crippen LogP contribution in [0.3, 0.4) is 0 Å². The fourth-order valence-corrected chi connectivity index (χ4v) is 3.26. The first-order valence-electron chi connectivity index (χ1n) is 8.86. The van der Waals surface area contributed by atoms with Gasteiger partial charge in [-0.2, -0.15) is 4.98 Å². The number of carbonyl (C=O) groups is 1. The van der Waals surface area contributed by atoms with E-state index < -0.39 is 0 Å². The molecule has 3 rings (SSSR count). The summed E-state index contributed by atoms with van der Waals surface area (Å²) in [5, 5.41) is 5.84. The SMILES string of the molecule is CNc1ncc(C(=O)NCC2CCCN2Cc2ccccc2)c(OC)n1. The summed E-state index contributed by atoms with van der Waals surface area (Å²) >= 11 is 0. The highest BCUT2D eigenvalue weighted by atomic mass is 16.5. The molecule has 2 aromatic rings. The van der Waals surface area contributed by atoms with E-state index >= 15 is 0 Å². The van der Waals surface area contributed by atoms with Gasteiger partial charge in [0.25, 0.3) is 5.91 Å². The second kappa shape index (κ2) is 8.62. The summed E-state index contributed by atoms with van der Waals surface area (Å²) in [5.74, 6) is 0.480. The Kier molecular flexibility index (Phi) is 6.01. The number of hydrogen-bond acceptors (Lipinski definition) is 6. The van der Waals surface area contributed by atoms with Crippen LogP contribution in [0.5, 0.6) is 5.88 Å². The zero-order valence-corrected chi connectivity index (χ0v) is 15.2. The van der Waals surface area contributed by atoms with Crippen LogP contribution in [-0.4, -0.2) is 54.1 Å². The average molecular weight is 355 g/mol. The summed E-state index contributed by atoms with van der Waals surface area (Å²) in [7, 11) is 3.22. The third-order valence-electron chi connectivity index (χ3n) is 4.64. The second-order valence-corrected chi connectivity index (χ2v) is 6.33. The molecule has 0 bridgehead atoms. The minimum Gasteiger partial charge on any atom is -0.480 e. The Morgan fingerprint density at radius 3 is 2.88 bits per heavy atom. The molecule has 26 heavy (non-hydrogen) atoms. The van der Waals surface area contributed by atoms with Gasteiger partial charge in [-0.1, -0.05) is 30.3 Å². The molecule has 7 heteroatoms. The fraction of sp³-hybridized carbons (Fsp3) is 0.421. The number of nitrogens with zero attached hydrogens (tertiary/aromatic N) is 3. The molecule has 0 spiro atoms. The quantitative estimate of drug-likeness (QED) is 0.790. The summed E-state index contributed by atoms with van der Waals surface area (Å²) in [4.78, 5) is 23.2. The maximum Gasteiger partial charge on any atom is 0.258 e. The fourth-order valence-electron chi connectivity index (χ4n) is 3.26. The first-order valence-corrected chi connectivity index (χ1v) is 8.86. The van der Waals surface area contributed by atoms with E-state index in [9.17, 15) is 4.79 Å². The Labute approximate surface area is 153 Å². The van der Waals surface area contributed by atoms with E-state index in [1.807, 2.05) is 6.07 Å². The molecule has 1 aliphatic rings. The number of benzene rings is 1. The van der Waals surface area contributed by atoms with Crippen LogP contribution in [0.1, 0.15) is 28.8 Å². The highest BCUT2D eigenvalue weighted by molar-refractivity contribution is 5.96. The molecule has 0 saturated carbocycles. The maximum atomic E-state index is 12.5. The lowest BCUT2D eigenvalue weighted by Gasteiger charge is -2.24. The standard InChI is InChI=1S/C19H25N5O2/c1-20-19-22-12-16(18(23-19)26-2)17(25)21-11-15-9-6-10-24(15)13-14-7-4-3-5-8-14/h3-5,7-8,12,15H,6,9-11,13H2,1-2H3,(H,21,25)(H,20,22,23). The molecule has 138 valence electrons. The van der Waals surface area contributed by atoms with Gasteiger partial charge in [0.05, 0.1) is 7.11 Å². The molecule has 1 atom stereocenters. The van der Waals surface area contributed by atoms with E-state index in [0.717, 1.165) is 25.9 Å². The highest BCUT2D eigenvalue weighted by Gasteiger charge is 2.25. The molecule has 1 saturated heterocycles. The van der Waals surface area contributed by atoms with Gasteiger partial charge in [-0.3, -0.25) is 9.69 Å². The smallest absolute Gasteiger partial charge is 0.258 e. The largest absolute Gasteiger partial charge is 0.480 e. The van der Waals surface area contributed by atoms with Gasteiger partial charge in [0, 0.05) is 32.4 Å². The third-order valence-corrected chi connectivity index (χ3v) is 4.64. The van der Waals surface area contributed by atoms with Crippen LogP contribution < -0.4 is 15.4 Å². The molecule has 1 fully saturated rings. The van der Waals surface area contributed by atoms with E-state index in [1.54, 1.807) is 7.05 Å². The van der Waals surface area contributed by atoms with Crippen molar-refractivity contribution in [3.8, 4) is 5.88 Å². The van der Waals surface area contributed by atoms with Gasteiger partial charge in [0.2, 0.25) is 11.8 Å². The van der Waals surface area contributed by atoms with Crippen molar-refractivity contribution in [2.45, 2.75) is 25.4 Å². The Morgan fingerprint density at radius 1 is 1.35 bits per heavy atom. The average Bonchev–Trinajstić information content (AvgIpc) is 3.13. The van der Waals surface area contributed by atoms with Crippen LogP contribution in [-0.2, 0) is 6.54 Å². The van der Waals surface area contributed by atoms with Crippen LogP contribution in [0.25, 0.3) is 0 Å². The van der Waals surface area contributed by atoms with E-state index in [1.165, 1.54) is 18.9 Å². The number of ether oxygens (including phenoxy) is 1. The number of aromatic nitrogens is 2. The van der Waals surface area contributed by atoms with Gasteiger partial charge in [0.15, 0.2) is 0 Å². The molecular formula is C19H25N5O2. The lowest BCUT2D eigenvalue weighted by atomic mass is 10.1. The third kappa shape index (κ3) is 4.29. The van der Waals surface area contributed by atoms with Crippen LogP contribution >= 0.6 is 0 Å². The van der Waals surface area contributed by atoms with Crippen molar-refractivity contribution in [1.29, 1.82) is 0 Å². The van der Waals surface area contributed by atoms with Crippen molar-refractivity contribution in [2.24, 2.45) is 0 Å². The van der Waals surface area contributed by atoms with Crippen molar-refractivity contribution in [3.05, 3.63) is 47.7 Å². The number of methoxy groups -OCH3 is 1. The van der Waals surface area contributed by atoms with E-state index in [0.29, 0.717) is 24.1 Å². The van der Waals surface area contributed by atoms with Gasteiger partial charge in [0.1, 0.15) is 5.56 Å². The first kappa shape index (κ1) is 18.1. The van der Waals surface area contributed by atoms with Gasteiger partial charge < -0.3 is 15.4 Å². The number of hydrogen-bond donors (Lipinski definition) is 2. The van der Waals surface area contributed by atoms with Crippen molar-refractivity contribution in [2.75, 3.05) is 32.6 Å². The first-order chi connectivity index (χ1) is 12.7.